The number of nitrogens with one attached hydrogen (secondary N) is 1. The zero-order valence-corrected chi connectivity index (χ0v) is 18.6. The minimum Gasteiger partial charge on any atom is -0.461 e. The van der Waals surface area contributed by atoms with Crippen molar-refractivity contribution in [2.24, 2.45) is 28.6 Å². The first-order chi connectivity index (χ1) is 13.0. The van der Waals surface area contributed by atoms with E-state index in [9.17, 15) is 9.59 Å². The first-order valence-corrected chi connectivity index (χ1v) is 11.3. The number of rotatable bonds is 2. The van der Waals surface area contributed by atoms with Crippen molar-refractivity contribution in [3.8, 4) is 0 Å². The number of esters is 1. The van der Waals surface area contributed by atoms with Crippen LogP contribution in [0.2, 0.25) is 0 Å². The second-order valence-corrected chi connectivity index (χ2v) is 11.7. The van der Waals surface area contributed by atoms with Gasteiger partial charge in [0.1, 0.15) is 6.10 Å². The molecule has 2 fully saturated rings. The standard InChI is InChI=1S/C22H32N2O3S/c1-11-13-7-8-22(6)9-14-17(12(2)16(22)18(13)27-19(11)26)24-20(28-14)23-15(25)10-21(3,4)5/h11-13,16,18H,7-10H2,1-6H3,(H,23,24,25). The van der Waals surface area contributed by atoms with Gasteiger partial charge in [0.15, 0.2) is 5.13 Å². The van der Waals surface area contributed by atoms with Crippen LogP contribution in [0, 0.1) is 28.6 Å². The Morgan fingerprint density at radius 2 is 2.04 bits per heavy atom. The molecular weight excluding hydrogens is 372 g/mol. The van der Waals surface area contributed by atoms with Gasteiger partial charge in [0, 0.05) is 29.1 Å². The van der Waals surface area contributed by atoms with Gasteiger partial charge in [0.2, 0.25) is 5.91 Å². The molecule has 1 saturated carbocycles. The molecule has 0 aromatic carbocycles. The van der Waals surface area contributed by atoms with Crippen LogP contribution in [0.1, 0.15) is 77.3 Å². The zero-order valence-electron chi connectivity index (χ0n) is 17.8. The summed E-state index contributed by atoms with van der Waals surface area (Å²) in [4.78, 5) is 30.7. The topological polar surface area (TPSA) is 68.3 Å². The van der Waals surface area contributed by atoms with Crippen molar-refractivity contribution in [1.82, 2.24) is 4.98 Å². The first-order valence-electron chi connectivity index (χ1n) is 10.5. The van der Waals surface area contributed by atoms with Crippen LogP contribution in [-0.2, 0) is 20.7 Å². The molecule has 0 bridgehead atoms. The lowest BCUT2D eigenvalue weighted by molar-refractivity contribution is -0.149. The third-order valence-electron chi connectivity index (χ3n) is 7.09. The smallest absolute Gasteiger partial charge is 0.309 e. The van der Waals surface area contributed by atoms with Crippen LogP contribution in [0.5, 0.6) is 0 Å². The summed E-state index contributed by atoms with van der Waals surface area (Å²) in [5, 5.41) is 3.72. The second-order valence-electron chi connectivity index (χ2n) is 10.7. The average Bonchev–Trinajstić information content (AvgIpc) is 3.06. The molecule has 2 aliphatic carbocycles. The molecule has 2 heterocycles. The number of amides is 1. The fourth-order valence-corrected chi connectivity index (χ4v) is 7.06. The molecule has 28 heavy (non-hydrogen) atoms. The van der Waals surface area contributed by atoms with Crippen molar-refractivity contribution in [2.45, 2.75) is 79.2 Å². The predicted octanol–water partition coefficient (Wildman–Crippen LogP) is 4.77. The number of anilines is 1. The highest BCUT2D eigenvalue weighted by atomic mass is 32.1. The normalized spacial score (nSPS) is 36.9. The van der Waals surface area contributed by atoms with E-state index in [2.05, 4.69) is 39.9 Å². The fraction of sp³-hybridized carbons (Fsp3) is 0.773. The van der Waals surface area contributed by atoms with Crippen LogP contribution in [0.15, 0.2) is 0 Å². The van der Waals surface area contributed by atoms with E-state index in [4.69, 9.17) is 9.72 Å². The number of thiazole rings is 1. The Morgan fingerprint density at radius 1 is 1.32 bits per heavy atom. The van der Waals surface area contributed by atoms with E-state index in [-0.39, 0.29) is 40.6 Å². The Bertz CT molecular complexity index is 811. The minimum atomic E-state index is -0.0469. The van der Waals surface area contributed by atoms with Gasteiger partial charge in [-0.25, -0.2) is 4.98 Å². The third-order valence-corrected chi connectivity index (χ3v) is 8.08. The number of hydrogen-bond donors (Lipinski definition) is 1. The highest BCUT2D eigenvalue weighted by Gasteiger charge is 2.58. The van der Waals surface area contributed by atoms with Crippen molar-refractivity contribution in [3.05, 3.63) is 10.6 Å². The number of ether oxygens (including phenoxy) is 1. The highest BCUT2D eigenvalue weighted by Crippen LogP contribution is 2.59. The molecule has 1 N–H and O–H groups in total. The van der Waals surface area contributed by atoms with Gasteiger partial charge in [0.05, 0.1) is 11.6 Å². The number of nitrogens with zero attached hydrogens (tertiary/aromatic N) is 1. The van der Waals surface area contributed by atoms with E-state index in [1.54, 1.807) is 11.3 Å². The molecule has 4 rings (SSSR count). The van der Waals surface area contributed by atoms with Gasteiger partial charge in [-0.2, -0.15) is 0 Å². The second kappa shape index (κ2) is 6.54. The summed E-state index contributed by atoms with van der Waals surface area (Å²) in [6, 6.07) is 0. The molecule has 6 atom stereocenters. The van der Waals surface area contributed by atoms with Crippen LogP contribution in [0.4, 0.5) is 5.13 Å². The molecule has 1 saturated heterocycles. The molecule has 6 heteroatoms. The molecule has 5 nitrogen and oxygen atoms in total. The number of hydrogen-bond acceptors (Lipinski definition) is 5. The number of carbonyl (C=O) groups excluding carboxylic acids is 2. The van der Waals surface area contributed by atoms with Gasteiger partial charge in [-0.1, -0.05) is 41.5 Å². The molecule has 6 unspecified atom stereocenters. The maximum absolute atomic E-state index is 12.4. The summed E-state index contributed by atoms with van der Waals surface area (Å²) < 4.78 is 5.89. The SMILES string of the molecule is CC1C(=O)OC2C1CCC1(C)Cc3sc(NC(=O)CC(C)(C)C)nc3C(C)C21. The molecule has 1 aromatic heterocycles. The molecule has 1 aromatic rings. The largest absolute Gasteiger partial charge is 0.461 e. The summed E-state index contributed by atoms with van der Waals surface area (Å²) >= 11 is 1.62. The van der Waals surface area contributed by atoms with E-state index in [0.29, 0.717) is 23.4 Å². The first kappa shape index (κ1) is 19.9. The van der Waals surface area contributed by atoms with E-state index in [1.165, 1.54) is 4.88 Å². The Balaban J connectivity index is 1.60. The van der Waals surface area contributed by atoms with Crippen molar-refractivity contribution in [2.75, 3.05) is 5.32 Å². The van der Waals surface area contributed by atoms with Gasteiger partial charge >= 0.3 is 5.97 Å². The van der Waals surface area contributed by atoms with Gasteiger partial charge in [-0.05, 0) is 30.1 Å². The maximum atomic E-state index is 12.4. The molecule has 154 valence electrons. The molecule has 3 aliphatic rings. The molecule has 0 spiro atoms. The van der Waals surface area contributed by atoms with Crippen molar-refractivity contribution >= 4 is 28.3 Å². The number of aromatic nitrogens is 1. The fourth-order valence-electron chi connectivity index (χ4n) is 5.78. The van der Waals surface area contributed by atoms with E-state index in [0.717, 1.165) is 25.0 Å². The van der Waals surface area contributed by atoms with Crippen LogP contribution in [-0.4, -0.2) is 23.0 Å². The van der Waals surface area contributed by atoms with Gasteiger partial charge in [-0.3, -0.25) is 9.59 Å². The summed E-state index contributed by atoms with van der Waals surface area (Å²) in [6.45, 7) is 12.8. The Hall–Kier alpha value is -1.43. The zero-order chi connectivity index (χ0) is 20.4. The third kappa shape index (κ3) is 3.27. The van der Waals surface area contributed by atoms with Crippen LogP contribution in [0.25, 0.3) is 0 Å². The lowest BCUT2D eigenvalue weighted by Crippen LogP contribution is -2.50. The predicted molar refractivity (Wildman–Crippen MR) is 110 cm³/mol. The average molecular weight is 405 g/mol. The number of carbonyl (C=O) groups is 2. The van der Waals surface area contributed by atoms with E-state index in [1.807, 2.05) is 6.92 Å². The minimum absolute atomic E-state index is 0.00466. The maximum Gasteiger partial charge on any atom is 0.309 e. The highest BCUT2D eigenvalue weighted by molar-refractivity contribution is 7.15. The lowest BCUT2D eigenvalue weighted by atomic mass is 9.54. The van der Waals surface area contributed by atoms with Gasteiger partial charge < -0.3 is 10.1 Å². The Morgan fingerprint density at radius 3 is 2.71 bits per heavy atom. The summed E-state index contributed by atoms with van der Waals surface area (Å²) in [5.74, 6) is 0.848. The van der Waals surface area contributed by atoms with Crippen molar-refractivity contribution in [3.63, 3.8) is 0 Å². The van der Waals surface area contributed by atoms with Crippen LogP contribution >= 0.6 is 11.3 Å². The van der Waals surface area contributed by atoms with Crippen molar-refractivity contribution < 1.29 is 14.3 Å². The lowest BCUT2D eigenvalue weighted by Gasteiger charge is -2.51. The summed E-state index contributed by atoms with van der Waals surface area (Å²) in [7, 11) is 0. The van der Waals surface area contributed by atoms with E-state index >= 15 is 0 Å². The molecule has 1 amide bonds. The van der Waals surface area contributed by atoms with E-state index < -0.39 is 0 Å². The van der Waals surface area contributed by atoms with Crippen LogP contribution < -0.4 is 5.32 Å². The number of fused-ring (bicyclic) bond motifs is 4. The molecule has 0 radical (unpaired) electrons. The van der Waals surface area contributed by atoms with Gasteiger partial charge in [0.25, 0.3) is 0 Å². The monoisotopic (exact) mass is 404 g/mol. The van der Waals surface area contributed by atoms with Crippen LogP contribution in [0.3, 0.4) is 0 Å². The summed E-state index contributed by atoms with van der Waals surface area (Å²) in [5.41, 5.74) is 1.17. The molecule has 1 aliphatic heterocycles. The van der Waals surface area contributed by atoms with Crippen molar-refractivity contribution in [1.29, 1.82) is 0 Å². The van der Waals surface area contributed by atoms with Gasteiger partial charge in [-0.15, -0.1) is 11.3 Å². The summed E-state index contributed by atoms with van der Waals surface area (Å²) in [6.07, 6.45) is 3.61. The quantitative estimate of drug-likeness (QED) is 0.721. The Labute approximate surface area is 171 Å². The molecular formula is C22H32N2O3S. The Kier molecular flexibility index (Phi) is 4.64.